The Labute approximate surface area is 106 Å². The predicted molar refractivity (Wildman–Crippen MR) is 67.3 cm³/mol. The number of rotatable bonds is 7. The van der Waals surface area contributed by atoms with Crippen LogP contribution in [0, 0.1) is 0 Å². The van der Waals surface area contributed by atoms with Crippen LogP contribution in [0.5, 0.6) is 11.5 Å². The molecule has 0 saturated carbocycles. The van der Waals surface area contributed by atoms with E-state index in [1.54, 1.807) is 14.2 Å². The van der Waals surface area contributed by atoms with Crippen LogP contribution >= 0.6 is 0 Å². The molecule has 1 amide bonds. The van der Waals surface area contributed by atoms with E-state index in [2.05, 4.69) is 10.6 Å². The van der Waals surface area contributed by atoms with E-state index >= 15 is 0 Å². The van der Waals surface area contributed by atoms with Gasteiger partial charge in [-0.25, -0.2) is 4.79 Å². The van der Waals surface area contributed by atoms with Gasteiger partial charge < -0.3 is 25.2 Å². The van der Waals surface area contributed by atoms with E-state index in [0.29, 0.717) is 19.6 Å². The molecule has 100 valence electrons. The topological polar surface area (TPSA) is 79.8 Å². The summed E-state index contributed by atoms with van der Waals surface area (Å²) in [6.07, 6.45) is -1.01. The minimum atomic E-state index is -1.01. The summed E-state index contributed by atoms with van der Waals surface area (Å²) in [5.74, 6) is 1.48. The fourth-order valence-corrected chi connectivity index (χ4v) is 1.48. The molecule has 3 N–H and O–H groups in total. The monoisotopic (exact) mass is 254 g/mol. The molecule has 18 heavy (non-hydrogen) atoms. The van der Waals surface area contributed by atoms with Crippen molar-refractivity contribution in [3.8, 4) is 11.5 Å². The van der Waals surface area contributed by atoms with Crippen LogP contribution in [0.25, 0.3) is 0 Å². The highest BCUT2D eigenvalue weighted by Crippen LogP contribution is 2.24. The third kappa shape index (κ3) is 4.50. The van der Waals surface area contributed by atoms with Gasteiger partial charge in [-0.2, -0.15) is 0 Å². The summed E-state index contributed by atoms with van der Waals surface area (Å²) in [7, 11) is 3.20. The molecule has 0 unspecified atom stereocenters. The molecule has 0 aliphatic carbocycles. The molecule has 1 rings (SSSR count). The molecule has 0 bridgehead atoms. The molecule has 0 aliphatic heterocycles. The highest BCUT2D eigenvalue weighted by atomic mass is 16.5. The van der Waals surface area contributed by atoms with Crippen molar-refractivity contribution in [3.63, 3.8) is 0 Å². The molecule has 6 heteroatoms. The Bertz CT molecular complexity index is 396. The first-order valence-corrected chi connectivity index (χ1v) is 5.55. The summed E-state index contributed by atoms with van der Waals surface area (Å²) < 4.78 is 10.4. The van der Waals surface area contributed by atoms with Crippen molar-refractivity contribution in [2.75, 3.05) is 27.3 Å². The maximum absolute atomic E-state index is 10.2. The third-order valence-corrected chi connectivity index (χ3v) is 2.39. The fraction of sp³-hybridized carbons (Fsp3) is 0.417. The van der Waals surface area contributed by atoms with Gasteiger partial charge in [-0.05, 0) is 6.07 Å². The van der Waals surface area contributed by atoms with Crippen LogP contribution in [-0.2, 0) is 6.54 Å². The Morgan fingerprint density at radius 1 is 1.28 bits per heavy atom. The first-order valence-electron chi connectivity index (χ1n) is 5.55. The van der Waals surface area contributed by atoms with E-state index in [1.807, 2.05) is 18.2 Å². The predicted octanol–water partition coefficient (Wildman–Crippen LogP) is 1.06. The summed E-state index contributed by atoms with van der Waals surface area (Å²) >= 11 is 0. The second-order valence-electron chi connectivity index (χ2n) is 3.59. The molecular formula is C12H18N2O4. The van der Waals surface area contributed by atoms with E-state index in [0.717, 1.165) is 17.1 Å². The van der Waals surface area contributed by atoms with Gasteiger partial charge in [0.1, 0.15) is 11.5 Å². The van der Waals surface area contributed by atoms with Crippen LogP contribution < -0.4 is 20.1 Å². The summed E-state index contributed by atoms with van der Waals surface area (Å²) in [6.45, 7) is 1.53. The number of nitrogens with one attached hydrogen (secondary N) is 2. The Morgan fingerprint density at radius 2 is 2.06 bits per heavy atom. The van der Waals surface area contributed by atoms with Gasteiger partial charge in [0.2, 0.25) is 0 Å². The molecule has 1 aromatic rings. The van der Waals surface area contributed by atoms with Crippen molar-refractivity contribution in [1.29, 1.82) is 0 Å². The zero-order valence-electron chi connectivity index (χ0n) is 10.5. The molecule has 0 aromatic heterocycles. The van der Waals surface area contributed by atoms with E-state index in [1.165, 1.54) is 0 Å². The minimum absolute atomic E-state index is 0.369. The number of ether oxygens (including phenoxy) is 2. The molecular weight excluding hydrogens is 236 g/mol. The van der Waals surface area contributed by atoms with Crippen molar-refractivity contribution < 1.29 is 19.4 Å². The number of hydrogen-bond acceptors (Lipinski definition) is 4. The van der Waals surface area contributed by atoms with Crippen molar-refractivity contribution in [3.05, 3.63) is 23.8 Å². The number of carboxylic acid groups (broad SMARTS) is 1. The standard InChI is InChI=1S/C12H18N2O4/c1-17-10-4-3-9(11(7-10)18-2)8-13-5-6-14-12(15)16/h3-4,7,13-14H,5-6,8H2,1-2H3,(H,15,16). The zero-order chi connectivity index (χ0) is 13.4. The average Bonchev–Trinajstić information content (AvgIpc) is 2.38. The summed E-state index contributed by atoms with van der Waals surface area (Å²) in [4.78, 5) is 10.2. The lowest BCUT2D eigenvalue weighted by molar-refractivity contribution is 0.194. The van der Waals surface area contributed by atoms with Gasteiger partial charge in [-0.15, -0.1) is 0 Å². The van der Waals surface area contributed by atoms with Crippen molar-refractivity contribution in [2.24, 2.45) is 0 Å². The summed E-state index contributed by atoms with van der Waals surface area (Å²) in [5, 5.41) is 13.8. The average molecular weight is 254 g/mol. The van der Waals surface area contributed by atoms with Gasteiger partial charge in [0.25, 0.3) is 0 Å². The van der Waals surface area contributed by atoms with Crippen LogP contribution in [0.4, 0.5) is 4.79 Å². The first kappa shape index (κ1) is 14.1. The summed E-state index contributed by atoms with van der Waals surface area (Å²) in [5.41, 5.74) is 0.994. The maximum atomic E-state index is 10.2. The number of benzene rings is 1. The zero-order valence-corrected chi connectivity index (χ0v) is 10.5. The quantitative estimate of drug-likeness (QED) is 0.634. The Balaban J connectivity index is 2.44. The van der Waals surface area contributed by atoms with Crippen LogP contribution in [0.1, 0.15) is 5.56 Å². The second-order valence-corrected chi connectivity index (χ2v) is 3.59. The van der Waals surface area contributed by atoms with Gasteiger partial charge in [0.15, 0.2) is 0 Å². The smallest absolute Gasteiger partial charge is 0.404 e. The normalized spacial score (nSPS) is 9.89. The van der Waals surface area contributed by atoms with Gasteiger partial charge in [-0.3, -0.25) is 0 Å². The molecule has 0 atom stereocenters. The van der Waals surface area contributed by atoms with Crippen molar-refractivity contribution in [2.45, 2.75) is 6.54 Å². The van der Waals surface area contributed by atoms with Crippen LogP contribution in [0.15, 0.2) is 18.2 Å². The molecule has 0 radical (unpaired) electrons. The van der Waals surface area contributed by atoms with Crippen molar-refractivity contribution >= 4 is 6.09 Å². The Hall–Kier alpha value is -1.95. The van der Waals surface area contributed by atoms with E-state index < -0.39 is 6.09 Å². The lowest BCUT2D eigenvalue weighted by atomic mass is 10.2. The number of carbonyl (C=O) groups is 1. The lowest BCUT2D eigenvalue weighted by Crippen LogP contribution is -2.30. The van der Waals surface area contributed by atoms with Crippen LogP contribution in [0.3, 0.4) is 0 Å². The Kier molecular flexibility index (Phi) is 5.79. The van der Waals surface area contributed by atoms with Gasteiger partial charge in [-0.1, -0.05) is 6.07 Å². The third-order valence-electron chi connectivity index (χ3n) is 2.39. The van der Waals surface area contributed by atoms with E-state index in [-0.39, 0.29) is 0 Å². The highest BCUT2D eigenvalue weighted by Gasteiger charge is 2.04. The SMILES string of the molecule is COc1ccc(CNCCNC(=O)O)c(OC)c1. The van der Waals surface area contributed by atoms with E-state index in [4.69, 9.17) is 14.6 Å². The number of amides is 1. The van der Waals surface area contributed by atoms with E-state index in [9.17, 15) is 4.79 Å². The molecule has 1 aromatic carbocycles. The Morgan fingerprint density at radius 3 is 2.67 bits per heavy atom. The first-order chi connectivity index (χ1) is 8.67. The van der Waals surface area contributed by atoms with Gasteiger partial charge in [0.05, 0.1) is 14.2 Å². The number of methoxy groups -OCH3 is 2. The van der Waals surface area contributed by atoms with Gasteiger partial charge in [0, 0.05) is 31.3 Å². The molecule has 0 saturated heterocycles. The molecule has 0 aliphatic rings. The lowest BCUT2D eigenvalue weighted by Gasteiger charge is -2.11. The molecule has 0 fully saturated rings. The molecule has 6 nitrogen and oxygen atoms in total. The molecule has 0 heterocycles. The number of hydrogen-bond donors (Lipinski definition) is 3. The highest BCUT2D eigenvalue weighted by molar-refractivity contribution is 5.64. The summed E-state index contributed by atoms with van der Waals surface area (Å²) in [6, 6.07) is 5.58. The maximum Gasteiger partial charge on any atom is 0.404 e. The second kappa shape index (κ2) is 7.39. The minimum Gasteiger partial charge on any atom is -0.497 e. The fourth-order valence-electron chi connectivity index (χ4n) is 1.48. The van der Waals surface area contributed by atoms with Crippen molar-refractivity contribution in [1.82, 2.24) is 10.6 Å². The molecule has 0 spiro atoms. The van der Waals surface area contributed by atoms with Gasteiger partial charge >= 0.3 is 6.09 Å². The largest absolute Gasteiger partial charge is 0.497 e. The van der Waals surface area contributed by atoms with Crippen LogP contribution in [-0.4, -0.2) is 38.5 Å². The van der Waals surface area contributed by atoms with Crippen LogP contribution in [0.2, 0.25) is 0 Å².